The quantitative estimate of drug-likeness (QED) is 0.813. The summed E-state index contributed by atoms with van der Waals surface area (Å²) in [5, 5.41) is 0.349. The van der Waals surface area contributed by atoms with Crippen molar-refractivity contribution in [1.82, 2.24) is 4.90 Å². The standard InChI is InChI=1S/C13H16ClN3O2.ClH/c14-11-7-9(15)1-2-10(11)13(19)17-5-3-8(4-6-17)12(16)18;/h1-2,7-8H,3-6,15H2,(H2,16,18);1H. The minimum Gasteiger partial charge on any atom is -0.399 e. The van der Waals surface area contributed by atoms with Crippen LogP contribution in [0.5, 0.6) is 0 Å². The third-order valence-electron chi connectivity index (χ3n) is 3.41. The number of nitrogen functional groups attached to an aromatic ring is 1. The van der Waals surface area contributed by atoms with Gasteiger partial charge in [-0.15, -0.1) is 12.4 Å². The van der Waals surface area contributed by atoms with Crippen LogP contribution in [0.15, 0.2) is 18.2 Å². The van der Waals surface area contributed by atoms with Crippen molar-refractivity contribution in [2.24, 2.45) is 11.7 Å². The van der Waals surface area contributed by atoms with Crippen molar-refractivity contribution in [3.8, 4) is 0 Å². The Bertz CT molecular complexity index is 514. The molecular formula is C13H17Cl2N3O2. The fourth-order valence-corrected chi connectivity index (χ4v) is 2.51. The van der Waals surface area contributed by atoms with E-state index in [1.807, 2.05) is 0 Å². The van der Waals surface area contributed by atoms with Gasteiger partial charge in [-0.05, 0) is 31.0 Å². The van der Waals surface area contributed by atoms with E-state index >= 15 is 0 Å². The Hall–Kier alpha value is -1.46. The average Bonchev–Trinajstić information content (AvgIpc) is 2.38. The maximum atomic E-state index is 12.3. The van der Waals surface area contributed by atoms with E-state index in [1.54, 1.807) is 23.1 Å². The van der Waals surface area contributed by atoms with Gasteiger partial charge in [-0.25, -0.2) is 0 Å². The van der Waals surface area contributed by atoms with Gasteiger partial charge in [0.15, 0.2) is 0 Å². The Labute approximate surface area is 128 Å². The number of amides is 2. The Morgan fingerprint density at radius 2 is 1.85 bits per heavy atom. The van der Waals surface area contributed by atoms with Crippen molar-refractivity contribution in [2.45, 2.75) is 12.8 Å². The largest absolute Gasteiger partial charge is 0.399 e. The van der Waals surface area contributed by atoms with Crippen molar-refractivity contribution in [1.29, 1.82) is 0 Å². The second kappa shape index (κ2) is 6.81. The van der Waals surface area contributed by atoms with Crippen molar-refractivity contribution < 1.29 is 9.59 Å². The highest BCUT2D eigenvalue weighted by atomic mass is 35.5. The Morgan fingerprint density at radius 1 is 1.25 bits per heavy atom. The first-order valence-electron chi connectivity index (χ1n) is 6.12. The van der Waals surface area contributed by atoms with Gasteiger partial charge in [0, 0.05) is 24.7 Å². The number of carbonyl (C=O) groups is 2. The van der Waals surface area contributed by atoms with E-state index in [2.05, 4.69) is 0 Å². The number of hydrogen-bond donors (Lipinski definition) is 2. The molecule has 1 saturated heterocycles. The maximum absolute atomic E-state index is 12.3. The SMILES string of the molecule is Cl.NC(=O)C1CCN(C(=O)c2ccc(N)cc2Cl)CC1. The van der Waals surface area contributed by atoms with Gasteiger partial charge >= 0.3 is 0 Å². The number of likely N-dealkylation sites (tertiary alicyclic amines) is 1. The van der Waals surface area contributed by atoms with Gasteiger partial charge in [-0.3, -0.25) is 9.59 Å². The number of benzene rings is 1. The lowest BCUT2D eigenvalue weighted by Crippen LogP contribution is -2.41. The van der Waals surface area contributed by atoms with Crippen LogP contribution in [0.25, 0.3) is 0 Å². The molecule has 7 heteroatoms. The summed E-state index contributed by atoms with van der Waals surface area (Å²) in [6.07, 6.45) is 1.21. The van der Waals surface area contributed by atoms with Crippen LogP contribution >= 0.6 is 24.0 Å². The van der Waals surface area contributed by atoms with Crippen LogP contribution in [-0.2, 0) is 4.79 Å². The summed E-state index contributed by atoms with van der Waals surface area (Å²) in [4.78, 5) is 25.1. The molecule has 1 aliphatic heterocycles. The van der Waals surface area contributed by atoms with E-state index < -0.39 is 0 Å². The van der Waals surface area contributed by atoms with Gasteiger partial charge in [-0.2, -0.15) is 0 Å². The first-order chi connectivity index (χ1) is 8.99. The molecule has 5 nitrogen and oxygen atoms in total. The molecule has 2 rings (SSSR count). The minimum absolute atomic E-state index is 0. The molecule has 20 heavy (non-hydrogen) atoms. The number of nitrogens with two attached hydrogens (primary N) is 2. The molecule has 0 saturated carbocycles. The number of nitrogens with zero attached hydrogens (tertiary/aromatic N) is 1. The van der Waals surface area contributed by atoms with Crippen LogP contribution in [0.4, 0.5) is 5.69 Å². The Kier molecular flexibility index (Phi) is 5.65. The van der Waals surface area contributed by atoms with Gasteiger partial charge in [0.25, 0.3) is 5.91 Å². The van der Waals surface area contributed by atoms with Crippen LogP contribution in [0, 0.1) is 5.92 Å². The highest BCUT2D eigenvalue weighted by molar-refractivity contribution is 6.34. The van der Waals surface area contributed by atoms with Gasteiger partial charge in [0.2, 0.25) is 5.91 Å². The topological polar surface area (TPSA) is 89.4 Å². The van der Waals surface area contributed by atoms with Gasteiger partial charge in [0.1, 0.15) is 0 Å². The second-order valence-corrected chi connectivity index (χ2v) is 5.12. The third-order valence-corrected chi connectivity index (χ3v) is 3.72. The van der Waals surface area contributed by atoms with Crippen molar-refractivity contribution >= 4 is 41.5 Å². The van der Waals surface area contributed by atoms with Crippen molar-refractivity contribution in [3.05, 3.63) is 28.8 Å². The number of hydrogen-bond acceptors (Lipinski definition) is 3. The molecule has 4 N–H and O–H groups in total. The lowest BCUT2D eigenvalue weighted by molar-refractivity contribution is -0.123. The molecule has 2 amide bonds. The maximum Gasteiger partial charge on any atom is 0.255 e. The van der Waals surface area contributed by atoms with Crippen molar-refractivity contribution in [2.75, 3.05) is 18.8 Å². The highest BCUT2D eigenvalue weighted by Crippen LogP contribution is 2.23. The summed E-state index contributed by atoms with van der Waals surface area (Å²) in [6, 6.07) is 4.83. The molecule has 110 valence electrons. The molecule has 0 aromatic heterocycles. The van der Waals surface area contributed by atoms with Crippen LogP contribution in [0.3, 0.4) is 0 Å². The zero-order valence-corrected chi connectivity index (χ0v) is 12.4. The van der Waals surface area contributed by atoms with Crippen LogP contribution in [0.1, 0.15) is 23.2 Å². The summed E-state index contributed by atoms with van der Waals surface area (Å²) in [5.74, 6) is -0.559. The van der Waals surface area contributed by atoms with Crippen LogP contribution in [-0.4, -0.2) is 29.8 Å². The molecule has 1 fully saturated rings. The number of anilines is 1. The predicted molar refractivity (Wildman–Crippen MR) is 80.9 cm³/mol. The van der Waals surface area contributed by atoms with E-state index in [1.165, 1.54) is 0 Å². The predicted octanol–water partition coefficient (Wildman–Crippen LogP) is 1.68. The lowest BCUT2D eigenvalue weighted by Gasteiger charge is -2.30. The third kappa shape index (κ3) is 3.55. The highest BCUT2D eigenvalue weighted by Gasteiger charge is 2.27. The number of rotatable bonds is 2. The van der Waals surface area contributed by atoms with E-state index in [0.29, 0.717) is 42.2 Å². The first kappa shape index (κ1) is 16.6. The van der Waals surface area contributed by atoms with Gasteiger partial charge < -0.3 is 16.4 Å². The van der Waals surface area contributed by atoms with E-state index in [-0.39, 0.29) is 30.1 Å². The number of carbonyl (C=O) groups excluding carboxylic acids is 2. The summed E-state index contributed by atoms with van der Waals surface area (Å²) in [6.45, 7) is 1.04. The van der Waals surface area contributed by atoms with Crippen molar-refractivity contribution in [3.63, 3.8) is 0 Å². The molecule has 1 aromatic rings. The normalized spacial score (nSPS) is 15.6. The summed E-state index contributed by atoms with van der Waals surface area (Å²) < 4.78 is 0. The van der Waals surface area contributed by atoms with Crippen LogP contribution < -0.4 is 11.5 Å². The molecule has 0 unspecified atom stereocenters. The minimum atomic E-state index is -0.294. The zero-order chi connectivity index (χ0) is 14.0. The molecule has 0 radical (unpaired) electrons. The summed E-state index contributed by atoms with van der Waals surface area (Å²) in [5.41, 5.74) is 11.8. The van der Waals surface area contributed by atoms with Gasteiger partial charge in [-0.1, -0.05) is 11.6 Å². The van der Waals surface area contributed by atoms with E-state index in [9.17, 15) is 9.59 Å². The fourth-order valence-electron chi connectivity index (χ4n) is 2.24. The number of piperidine rings is 1. The lowest BCUT2D eigenvalue weighted by atomic mass is 9.96. The monoisotopic (exact) mass is 317 g/mol. The summed E-state index contributed by atoms with van der Waals surface area (Å²) in [7, 11) is 0. The molecule has 0 atom stereocenters. The molecule has 1 heterocycles. The summed E-state index contributed by atoms with van der Waals surface area (Å²) >= 11 is 6.02. The molecule has 1 aliphatic rings. The molecule has 0 spiro atoms. The molecule has 0 aliphatic carbocycles. The first-order valence-corrected chi connectivity index (χ1v) is 6.50. The van der Waals surface area contributed by atoms with Crippen LogP contribution in [0.2, 0.25) is 5.02 Å². The fraction of sp³-hybridized carbons (Fsp3) is 0.385. The molecule has 0 bridgehead atoms. The molecule has 1 aromatic carbocycles. The van der Waals surface area contributed by atoms with E-state index in [4.69, 9.17) is 23.1 Å². The smallest absolute Gasteiger partial charge is 0.255 e. The van der Waals surface area contributed by atoms with Gasteiger partial charge in [0.05, 0.1) is 10.6 Å². The molecular weight excluding hydrogens is 301 g/mol. The number of halogens is 2. The Balaban J connectivity index is 0.00000200. The second-order valence-electron chi connectivity index (χ2n) is 4.71. The number of primary amides is 1. The zero-order valence-electron chi connectivity index (χ0n) is 10.8. The van der Waals surface area contributed by atoms with E-state index in [0.717, 1.165) is 0 Å². The Morgan fingerprint density at radius 3 is 2.35 bits per heavy atom. The average molecular weight is 318 g/mol.